The van der Waals surface area contributed by atoms with Crippen molar-refractivity contribution in [3.8, 4) is 6.07 Å². The summed E-state index contributed by atoms with van der Waals surface area (Å²) in [6.45, 7) is 6.33. The van der Waals surface area contributed by atoms with Gasteiger partial charge in [0.25, 0.3) is 5.56 Å². The topological polar surface area (TPSA) is 76.0 Å². The van der Waals surface area contributed by atoms with E-state index in [9.17, 15) is 10.1 Å². The maximum absolute atomic E-state index is 13.3. The molecule has 0 spiro atoms. The van der Waals surface area contributed by atoms with Crippen molar-refractivity contribution in [2.24, 2.45) is 5.10 Å². The van der Waals surface area contributed by atoms with Gasteiger partial charge in [0.2, 0.25) is 0 Å². The van der Waals surface area contributed by atoms with E-state index in [0.717, 1.165) is 33.1 Å². The molecule has 0 fully saturated rings. The van der Waals surface area contributed by atoms with Gasteiger partial charge in [0.05, 0.1) is 23.2 Å². The minimum absolute atomic E-state index is 0.0684. The summed E-state index contributed by atoms with van der Waals surface area (Å²) in [4.78, 5) is 18.1. The van der Waals surface area contributed by atoms with Crippen LogP contribution < -0.4 is 5.56 Å². The van der Waals surface area contributed by atoms with Crippen LogP contribution in [0.4, 0.5) is 0 Å². The van der Waals surface area contributed by atoms with Crippen molar-refractivity contribution in [3.63, 3.8) is 0 Å². The van der Waals surface area contributed by atoms with Crippen LogP contribution in [0, 0.1) is 18.3 Å². The van der Waals surface area contributed by atoms with Crippen LogP contribution in [0.15, 0.2) is 56.8 Å². The van der Waals surface area contributed by atoms with Crippen molar-refractivity contribution in [1.29, 1.82) is 5.26 Å². The first-order valence-electron chi connectivity index (χ1n) is 10.2. The second kappa shape index (κ2) is 8.48. The number of hydrogen-bond acceptors (Lipinski definition) is 4. The fourth-order valence-corrected chi connectivity index (χ4v) is 4.15. The van der Waals surface area contributed by atoms with Crippen LogP contribution in [0.3, 0.4) is 0 Å². The lowest BCUT2D eigenvalue weighted by Crippen LogP contribution is -2.23. The number of nitrogens with zero attached hydrogens (tertiary/aromatic N) is 5. The number of fused-ring (bicyclic) bond motifs is 2. The molecule has 6 nitrogen and oxygen atoms in total. The molecule has 4 aromatic rings. The molecule has 156 valence electrons. The first-order chi connectivity index (χ1) is 15.0. The summed E-state index contributed by atoms with van der Waals surface area (Å²) in [5, 5.41) is 15.4. The van der Waals surface area contributed by atoms with Gasteiger partial charge in [0.1, 0.15) is 12.4 Å². The molecule has 0 saturated heterocycles. The SMILES string of the molecule is CC[C@@H](C)c1nc2ccc(Br)cc2c(=O)n1N=Cc1c(C)n(CC#N)c2ccccc12. The quantitative estimate of drug-likeness (QED) is 0.365. The van der Waals surface area contributed by atoms with Crippen molar-refractivity contribution in [3.05, 3.63) is 74.4 Å². The van der Waals surface area contributed by atoms with Crippen LogP contribution in [0.1, 0.15) is 43.3 Å². The molecular formula is C24H22BrN5O. The van der Waals surface area contributed by atoms with E-state index in [1.54, 1.807) is 12.3 Å². The molecule has 7 heteroatoms. The van der Waals surface area contributed by atoms with Gasteiger partial charge >= 0.3 is 0 Å². The standard InChI is InChI=1S/C24H22BrN5O/c1-4-15(2)23-28-21-10-9-17(25)13-19(21)24(31)30(23)27-14-20-16(3)29(12-11-26)22-8-6-5-7-18(20)22/h5-10,13-15H,4,12H2,1-3H3/t15-/m1/s1. The third-order valence-electron chi connectivity index (χ3n) is 5.70. The van der Waals surface area contributed by atoms with Gasteiger partial charge < -0.3 is 4.57 Å². The molecule has 0 radical (unpaired) electrons. The van der Waals surface area contributed by atoms with E-state index in [-0.39, 0.29) is 18.0 Å². The van der Waals surface area contributed by atoms with Gasteiger partial charge in [0.15, 0.2) is 0 Å². The highest BCUT2D eigenvalue weighted by molar-refractivity contribution is 9.10. The Bertz CT molecular complexity index is 1420. The highest BCUT2D eigenvalue weighted by atomic mass is 79.9. The van der Waals surface area contributed by atoms with E-state index in [4.69, 9.17) is 4.98 Å². The lowest BCUT2D eigenvalue weighted by atomic mass is 10.1. The minimum Gasteiger partial charge on any atom is -0.330 e. The number of para-hydroxylation sites is 1. The van der Waals surface area contributed by atoms with E-state index in [0.29, 0.717) is 16.7 Å². The largest absolute Gasteiger partial charge is 0.330 e. The highest BCUT2D eigenvalue weighted by Crippen LogP contribution is 2.25. The van der Waals surface area contributed by atoms with Crippen LogP contribution in [0.5, 0.6) is 0 Å². The van der Waals surface area contributed by atoms with Gasteiger partial charge in [-0.15, -0.1) is 0 Å². The van der Waals surface area contributed by atoms with Crippen LogP contribution in [-0.2, 0) is 6.54 Å². The van der Waals surface area contributed by atoms with Crippen molar-refractivity contribution in [2.45, 2.75) is 39.7 Å². The molecule has 0 aliphatic carbocycles. The molecular weight excluding hydrogens is 454 g/mol. The fraction of sp³-hybridized carbons (Fsp3) is 0.250. The Hall–Kier alpha value is -3.24. The molecule has 0 N–H and O–H groups in total. The first-order valence-corrected chi connectivity index (χ1v) is 11.0. The number of hydrogen-bond donors (Lipinski definition) is 0. The van der Waals surface area contributed by atoms with Gasteiger partial charge in [-0.2, -0.15) is 15.0 Å². The summed E-state index contributed by atoms with van der Waals surface area (Å²) >= 11 is 3.44. The summed E-state index contributed by atoms with van der Waals surface area (Å²) in [5.74, 6) is 0.705. The lowest BCUT2D eigenvalue weighted by Gasteiger charge is -2.14. The van der Waals surface area contributed by atoms with Gasteiger partial charge in [-0.25, -0.2) is 4.98 Å². The molecule has 2 aromatic carbocycles. The van der Waals surface area contributed by atoms with Crippen molar-refractivity contribution < 1.29 is 0 Å². The smallest absolute Gasteiger partial charge is 0.282 e. The summed E-state index contributed by atoms with van der Waals surface area (Å²) < 4.78 is 4.20. The molecule has 31 heavy (non-hydrogen) atoms. The molecule has 0 unspecified atom stereocenters. The number of nitriles is 1. The maximum Gasteiger partial charge on any atom is 0.282 e. The number of rotatable bonds is 5. The Kier molecular flexibility index (Phi) is 5.75. The summed E-state index contributed by atoms with van der Waals surface area (Å²) in [6.07, 6.45) is 2.55. The monoisotopic (exact) mass is 475 g/mol. The molecule has 0 amide bonds. The summed E-state index contributed by atoms with van der Waals surface area (Å²) in [5.41, 5.74) is 3.26. The summed E-state index contributed by atoms with van der Waals surface area (Å²) in [6, 6.07) is 15.6. The predicted molar refractivity (Wildman–Crippen MR) is 128 cm³/mol. The van der Waals surface area contributed by atoms with E-state index in [1.165, 1.54) is 4.68 Å². The molecule has 2 aromatic heterocycles. The van der Waals surface area contributed by atoms with E-state index >= 15 is 0 Å². The van der Waals surface area contributed by atoms with Crippen LogP contribution in [-0.4, -0.2) is 20.4 Å². The Morgan fingerprint density at radius 1 is 1.26 bits per heavy atom. The molecule has 1 atom stereocenters. The van der Waals surface area contributed by atoms with Crippen LogP contribution in [0.2, 0.25) is 0 Å². The maximum atomic E-state index is 13.3. The zero-order valence-electron chi connectivity index (χ0n) is 17.6. The lowest BCUT2D eigenvalue weighted by molar-refractivity contribution is 0.613. The third kappa shape index (κ3) is 3.68. The third-order valence-corrected chi connectivity index (χ3v) is 6.19. The van der Waals surface area contributed by atoms with E-state index in [2.05, 4.69) is 34.0 Å². The highest BCUT2D eigenvalue weighted by Gasteiger charge is 2.17. The Morgan fingerprint density at radius 2 is 2.03 bits per heavy atom. The van der Waals surface area contributed by atoms with Gasteiger partial charge in [-0.05, 0) is 37.6 Å². The van der Waals surface area contributed by atoms with E-state index in [1.807, 2.05) is 54.8 Å². The van der Waals surface area contributed by atoms with Crippen molar-refractivity contribution in [1.82, 2.24) is 14.2 Å². The van der Waals surface area contributed by atoms with Gasteiger partial charge in [-0.3, -0.25) is 4.79 Å². The van der Waals surface area contributed by atoms with Crippen LogP contribution >= 0.6 is 15.9 Å². The number of halogens is 1. The number of benzene rings is 2. The second-order valence-corrected chi connectivity index (χ2v) is 8.48. The van der Waals surface area contributed by atoms with Crippen molar-refractivity contribution >= 4 is 44.0 Å². The van der Waals surface area contributed by atoms with Crippen molar-refractivity contribution in [2.75, 3.05) is 0 Å². The molecule has 0 aliphatic heterocycles. The zero-order valence-corrected chi connectivity index (χ0v) is 19.2. The predicted octanol–water partition coefficient (Wildman–Crippen LogP) is 5.34. The van der Waals surface area contributed by atoms with Gasteiger partial charge in [-0.1, -0.05) is 48.0 Å². The van der Waals surface area contributed by atoms with Gasteiger partial charge in [0, 0.05) is 32.6 Å². The average Bonchev–Trinajstić information content (AvgIpc) is 3.04. The minimum atomic E-state index is -0.198. The van der Waals surface area contributed by atoms with E-state index < -0.39 is 0 Å². The normalized spacial score (nSPS) is 12.6. The fourth-order valence-electron chi connectivity index (χ4n) is 3.79. The zero-order chi connectivity index (χ0) is 22.1. The molecule has 2 heterocycles. The number of aromatic nitrogens is 3. The molecule has 0 saturated carbocycles. The molecule has 4 rings (SSSR count). The Balaban J connectivity index is 1.95. The molecule has 0 aliphatic rings. The second-order valence-electron chi connectivity index (χ2n) is 7.56. The van der Waals surface area contributed by atoms with Crippen LogP contribution in [0.25, 0.3) is 21.8 Å². The molecule has 0 bridgehead atoms. The Morgan fingerprint density at radius 3 is 2.77 bits per heavy atom. The first kappa shape index (κ1) is 21.0. The Labute approximate surface area is 188 Å². The average molecular weight is 476 g/mol. The summed E-state index contributed by atoms with van der Waals surface area (Å²) in [7, 11) is 0.